The summed E-state index contributed by atoms with van der Waals surface area (Å²) in [4.78, 5) is 15.8. The van der Waals surface area contributed by atoms with Crippen LogP contribution in [0.5, 0.6) is 0 Å². The van der Waals surface area contributed by atoms with Gasteiger partial charge in [0.15, 0.2) is 5.82 Å². The van der Waals surface area contributed by atoms with Crippen molar-refractivity contribution in [2.24, 2.45) is 0 Å². The number of nitrogens with one attached hydrogen (secondary N) is 1. The van der Waals surface area contributed by atoms with E-state index in [2.05, 4.69) is 31.7 Å². The fraction of sp³-hybridized carbons (Fsp3) is 0.353. The van der Waals surface area contributed by atoms with Gasteiger partial charge < -0.3 is 10.2 Å². The lowest BCUT2D eigenvalue weighted by atomic mass is 10.1. The molecule has 114 valence electrons. The van der Waals surface area contributed by atoms with Crippen LogP contribution >= 0.6 is 0 Å². The van der Waals surface area contributed by atoms with Crippen LogP contribution in [0.2, 0.25) is 0 Å². The highest BCUT2D eigenvalue weighted by molar-refractivity contribution is 5.60. The summed E-state index contributed by atoms with van der Waals surface area (Å²) >= 11 is 0. The Bertz CT molecular complexity index is 647. The average molecular weight is 295 g/mol. The Balaban J connectivity index is 1.91. The maximum absolute atomic E-state index is 4.59. The Labute approximate surface area is 131 Å². The van der Waals surface area contributed by atoms with E-state index >= 15 is 0 Å². The Morgan fingerprint density at radius 1 is 1.05 bits per heavy atom. The van der Waals surface area contributed by atoms with Gasteiger partial charge in [0.1, 0.15) is 0 Å². The maximum atomic E-state index is 4.59. The van der Waals surface area contributed by atoms with Gasteiger partial charge in [-0.25, -0.2) is 0 Å². The number of aromatic nitrogens is 3. The summed E-state index contributed by atoms with van der Waals surface area (Å²) in [5, 5.41) is 3.25. The summed E-state index contributed by atoms with van der Waals surface area (Å²) in [5.74, 6) is 1.96. The molecular weight excluding hydrogens is 274 g/mol. The third-order valence-electron chi connectivity index (χ3n) is 3.67. The van der Waals surface area contributed by atoms with Crippen LogP contribution in [0.4, 0.5) is 17.6 Å². The van der Waals surface area contributed by atoms with Gasteiger partial charge in [-0.15, -0.1) is 0 Å². The van der Waals surface area contributed by atoms with Crippen molar-refractivity contribution in [2.75, 3.05) is 23.3 Å². The number of anilines is 3. The first-order chi connectivity index (χ1) is 10.7. The van der Waals surface area contributed by atoms with Crippen molar-refractivity contribution in [1.82, 2.24) is 15.0 Å². The van der Waals surface area contributed by atoms with Crippen LogP contribution in [0.1, 0.15) is 32.0 Å². The Kier molecular flexibility index (Phi) is 4.32. The molecule has 0 bridgehead atoms. The molecule has 0 amide bonds. The molecule has 0 radical (unpaired) electrons. The smallest absolute Gasteiger partial charge is 0.232 e. The zero-order chi connectivity index (χ0) is 15.4. The first-order valence-electron chi connectivity index (χ1n) is 7.71. The molecule has 0 atom stereocenters. The number of benzene rings is 1. The molecule has 3 rings (SSSR count). The van der Waals surface area contributed by atoms with Crippen LogP contribution in [0.3, 0.4) is 0 Å². The monoisotopic (exact) mass is 295 g/mol. The van der Waals surface area contributed by atoms with E-state index in [0.29, 0.717) is 11.8 Å². The quantitative estimate of drug-likeness (QED) is 0.933. The molecule has 2 aromatic rings. The Morgan fingerprint density at radius 2 is 1.77 bits per heavy atom. The summed E-state index contributed by atoms with van der Waals surface area (Å²) < 4.78 is 0. The van der Waals surface area contributed by atoms with Crippen molar-refractivity contribution >= 4 is 23.2 Å². The molecule has 0 unspecified atom stereocenters. The van der Waals surface area contributed by atoms with Gasteiger partial charge in [0.05, 0.1) is 0 Å². The van der Waals surface area contributed by atoms with Crippen molar-refractivity contribution in [2.45, 2.75) is 26.2 Å². The largest absolute Gasteiger partial charge is 0.341 e. The van der Waals surface area contributed by atoms with Crippen LogP contribution in [-0.4, -0.2) is 28.0 Å². The number of piperidine rings is 1. The van der Waals surface area contributed by atoms with Crippen LogP contribution in [0.15, 0.2) is 36.9 Å². The Hall–Kier alpha value is -2.43. The minimum absolute atomic E-state index is 0.569. The second kappa shape index (κ2) is 6.56. The van der Waals surface area contributed by atoms with Gasteiger partial charge in [0.25, 0.3) is 0 Å². The van der Waals surface area contributed by atoms with Crippen molar-refractivity contribution in [3.05, 3.63) is 42.7 Å². The van der Waals surface area contributed by atoms with Gasteiger partial charge in [-0.3, -0.25) is 0 Å². The third kappa shape index (κ3) is 3.42. The number of allylic oxidation sites excluding steroid dienone is 1. The van der Waals surface area contributed by atoms with E-state index in [9.17, 15) is 0 Å². The van der Waals surface area contributed by atoms with E-state index in [1.165, 1.54) is 19.3 Å². The fourth-order valence-corrected chi connectivity index (χ4v) is 2.50. The second-order valence-electron chi connectivity index (χ2n) is 5.60. The molecule has 2 heterocycles. The van der Waals surface area contributed by atoms with Crippen molar-refractivity contribution in [1.29, 1.82) is 0 Å². The van der Waals surface area contributed by atoms with Crippen molar-refractivity contribution in [3.8, 4) is 0 Å². The number of nitrogens with zero attached hydrogens (tertiary/aromatic N) is 4. The lowest BCUT2D eigenvalue weighted by Gasteiger charge is -2.27. The molecule has 0 aliphatic carbocycles. The van der Waals surface area contributed by atoms with E-state index in [0.717, 1.165) is 30.3 Å². The molecule has 1 aliphatic heterocycles. The summed E-state index contributed by atoms with van der Waals surface area (Å²) in [7, 11) is 0. The van der Waals surface area contributed by atoms with E-state index in [1.807, 2.05) is 37.3 Å². The fourth-order valence-electron chi connectivity index (χ4n) is 2.50. The molecule has 1 fully saturated rings. The van der Waals surface area contributed by atoms with E-state index < -0.39 is 0 Å². The summed E-state index contributed by atoms with van der Waals surface area (Å²) in [5.41, 5.74) is 1.81. The van der Waals surface area contributed by atoms with E-state index in [4.69, 9.17) is 0 Å². The summed E-state index contributed by atoms with van der Waals surface area (Å²) in [6.07, 6.45) is 3.66. The highest BCUT2D eigenvalue weighted by Crippen LogP contribution is 2.20. The highest BCUT2D eigenvalue weighted by atomic mass is 15.3. The molecule has 1 aliphatic rings. The molecule has 1 aromatic carbocycles. The SMILES string of the molecule is C=C(C)c1nc(Nc2ccccc2)nc(N2CCCCC2)n1. The van der Waals surface area contributed by atoms with Gasteiger partial charge >= 0.3 is 0 Å². The highest BCUT2D eigenvalue weighted by Gasteiger charge is 2.16. The topological polar surface area (TPSA) is 53.9 Å². The van der Waals surface area contributed by atoms with Crippen LogP contribution in [0.25, 0.3) is 5.57 Å². The lowest BCUT2D eigenvalue weighted by Crippen LogP contribution is -2.31. The molecule has 5 nitrogen and oxygen atoms in total. The average Bonchev–Trinajstić information content (AvgIpc) is 2.56. The van der Waals surface area contributed by atoms with Crippen LogP contribution in [0, 0.1) is 0 Å². The Morgan fingerprint density at radius 3 is 2.45 bits per heavy atom. The van der Waals surface area contributed by atoms with Gasteiger partial charge in [-0.05, 0) is 43.9 Å². The maximum Gasteiger partial charge on any atom is 0.232 e. The van der Waals surface area contributed by atoms with Gasteiger partial charge in [-0.2, -0.15) is 15.0 Å². The second-order valence-corrected chi connectivity index (χ2v) is 5.60. The van der Waals surface area contributed by atoms with Gasteiger partial charge in [0, 0.05) is 18.8 Å². The minimum Gasteiger partial charge on any atom is -0.341 e. The first-order valence-corrected chi connectivity index (χ1v) is 7.71. The summed E-state index contributed by atoms with van der Waals surface area (Å²) in [6.45, 7) is 7.89. The standard InChI is InChI=1S/C17H21N5/c1-13(2)15-19-16(18-14-9-5-3-6-10-14)21-17(20-15)22-11-7-4-8-12-22/h3,5-6,9-10H,1,4,7-8,11-12H2,2H3,(H,18,19,20,21). The summed E-state index contributed by atoms with van der Waals surface area (Å²) in [6, 6.07) is 9.93. The zero-order valence-electron chi connectivity index (χ0n) is 12.9. The number of para-hydroxylation sites is 1. The number of rotatable bonds is 4. The predicted molar refractivity (Wildman–Crippen MR) is 90.3 cm³/mol. The third-order valence-corrected chi connectivity index (χ3v) is 3.67. The molecular formula is C17H21N5. The van der Waals surface area contributed by atoms with Gasteiger partial charge in [-0.1, -0.05) is 24.8 Å². The molecule has 1 aromatic heterocycles. The molecule has 5 heteroatoms. The van der Waals surface area contributed by atoms with Crippen LogP contribution < -0.4 is 10.2 Å². The van der Waals surface area contributed by atoms with Crippen LogP contribution in [-0.2, 0) is 0 Å². The number of hydrogen-bond donors (Lipinski definition) is 1. The lowest BCUT2D eigenvalue weighted by molar-refractivity contribution is 0.567. The predicted octanol–water partition coefficient (Wildman–Crippen LogP) is 3.64. The normalized spacial score (nSPS) is 14.7. The van der Waals surface area contributed by atoms with Crippen molar-refractivity contribution < 1.29 is 0 Å². The molecule has 0 saturated carbocycles. The van der Waals surface area contributed by atoms with Crippen molar-refractivity contribution in [3.63, 3.8) is 0 Å². The number of hydrogen-bond acceptors (Lipinski definition) is 5. The minimum atomic E-state index is 0.569. The zero-order valence-corrected chi connectivity index (χ0v) is 12.9. The van der Waals surface area contributed by atoms with E-state index in [-0.39, 0.29) is 0 Å². The molecule has 22 heavy (non-hydrogen) atoms. The molecule has 1 saturated heterocycles. The molecule has 1 N–H and O–H groups in total. The van der Waals surface area contributed by atoms with E-state index in [1.54, 1.807) is 0 Å². The first kappa shape index (κ1) is 14.5. The molecule has 0 spiro atoms. The van der Waals surface area contributed by atoms with Gasteiger partial charge in [0.2, 0.25) is 11.9 Å².